The Labute approximate surface area is 134 Å². The molecule has 6 nitrogen and oxygen atoms in total. The van der Waals surface area contributed by atoms with Gasteiger partial charge in [-0.1, -0.05) is 6.07 Å². The minimum absolute atomic E-state index is 0.160. The molecule has 2 rings (SSSR count). The van der Waals surface area contributed by atoms with Gasteiger partial charge < -0.3 is 20.7 Å². The van der Waals surface area contributed by atoms with Crippen LogP contribution in [0.5, 0.6) is 5.75 Å². The highest BCUT2D eigenvalue weighted by Gasteiger charge is 2.26. The molecule has 1 fully saturated rings. The third-order valence-electron chi connectivity index (χ3n) is 4.20. The number of carbonyl (C=O) groups is 2. The number of hydrogen-bond donors (Lipinski definition) is 2. The van der Waals surface area contributed by atoms with E-state index in [4.69, 9.17) is 10.5 Å². The zero-order valence-electron chi connectivity index (χ0n) is 13.3. The van der Waals surface area contributed by atoms with Gasteiger partial charge in [-0.3, -0.25) is 4.79 Å². The van der Waals surface area contributed by atoms with Crippen molar-refractivity contribution in [2.45, 2.75) is 25.8 Å². The average molecular weight is 323 g/mol. The van der Waals surface area contributed by atoms with Crippen molar-refractivity contribution >= 4 is 11.9 Å². The molecule has 7 heteroatoms. The predicted octanol–water partition coefficient (Wildman–Crippen LogP) is 1.80. The van der Waals surface area contributed by atoms with Gasteiger partial charge in [0.05, 0.1) is 13.2 Å². The van der Waals surface area contributed by atoms with Crippen LogP contribution in [-0.4, -0.2) is 37.0 Å². The topological polar surface area (TPSA) is 84.7 Å². The molecule has 0 radical (unpaired) electrons. The first-order chi connectivity index (χ1) is 10.9. The summed E-state index contributed by atoms with van der Waals surface area (Å²) in [6.45, 7) is 2.77. The van der Waals surface area contributed by atoms with Gasteiger partial charge in [-0.2, -0.15) is 0 Å². The number of methoxy groups -OCH3 is 1. The van der Waals surface area contributed by atoms with E-state index < -0.39 is 5.82 Å². The van der Waals surface area contributed by atoms with Gasteiger partial charge in [0.15, 0.2) is 11.6 Å². The van der Waals surface area contributed by atoms with Crippen molar-refractivity contribution < 1.29 is 18.7 Å². The van der Waals surface area contributed by atoms with Crippen molar-refractivity contribution in [2.24, 2.45) is 11.7 Å². The van der Waals surface area contributed by atoms with Gasteiger partial charge in [-0.25, -0.2) is 9.18 Å². The number of urea groups is 1. The molecule has 0 spiro atoms. The van der Waals surface area contributed by atoms with Crippen molar-refractivity contribution in [1.82, 2.24) is 10.2 Å². The number of rotatable bonds is 4. The van der Waals surface area contributed by atoms with Crippen LogP contribution in [0.3, 0.4) is 0 Å². The van der Waals surface area contributed by atoms with Gasteiger partial charge in [0.1, 0.15) is 0 Å². The maximum Gasteiger partial charge on any atom is 0.317 e. The van der Waals surface area contributed by atoms with Crippen LogP contribution in [0.15, 0.2) is 18.2 Å². The predicted molar refractivity (Wildman–Crippen MR) is 83.4 cm³/mol. The molecule has 1 aliphatic heterocycles. The quantitative estimate of drug-likeness (QED) is 0.886. The molecule has 1 atom stereocenters. The molecular weight excluding hydrogens is 301 g/mol. The standard InChI is InChI=1S/C16H22FN3O3/c1-10(12-3-4-14(23-2)13(17)9-12)19-16(22)20-7-5-11(6-8-20)15(18)21/h3-4,9-11H,5-8H2,1-2H3,(H2,18,21)(H,19,22). The third-order valence-corrected chi connectivity index (χ3v) is 4.20. The normalized spacial score (nSPS) is 16.7. The Morgan fingerprint density at radius 3 is 2.57 bits per heavy atom. The summed E-state index contributed by atoms with van der Waals surface area (Å²) in [4.78, 5) is 25.0. The number of amides is 3. The molecule has 1 heterocycles. The first kappa shape index (κ1) is 17.1. The molecule has 0 aliphatic carbocycles. The van der Waals surface area contributed by atoms with E-state index in [0.717, 1.165) is 0 Å². The van der Waals surface area contributed by atoms with E-state index in [9.17, 15) is 14.0 Å². The zero-order valence-corrected chi connectivity index (χ0v) is 13.3. The summed E-state index contributed by atoms with van der Waals surface area (Å²) < 4.78 is 18.6. The number of nitrogens with zero attached hydrogens (tertiary/aromatic N) is 1. The summed E-state index contributed by atoms with van der Waals surface area (Å²) in [6, 6.07) is 4.04. The monoisotopic (exact) mass is 323 g/mol. The minimum atomic E-state index is -0.464. The lowest BCUT2D eigenvalue weighted by atomic mass is 9.96. The lowest BCUT2D eigenvalue weighted by Crippen LogP contribution is -2.46. The van der Waals surface area contributed by atoms with Crippen LogP contribution in [0.25, 0.3) is 0 Å². The van der Waals surface area contributed by atoms with Gasteiger partial charge in [-0.15, -0.1) is 0 Å². The van der Waals surface area contributed by atoms with Gasteiger partial charge in [-0.05, 0) is 37.5 Å². The molecular formula is C16H22FN3O3. The second-order valence-electron chi connectivity index (χ2n) is 5.73. The van der Waals surface area contributed by atoms with E-state index in [1.165, 1.54) is 19.2 Å². The van der Waals surface area contributed by atoms with Crippen LogP contribution in [-0.2, 0) is 4.79 Å². The van der Waals surface area contributed by atoms with E-state index in [-0.39, 0.29) is 29.6 Å². The lowest BCUT2D eigenvalue weighted by molar-refractivity contribution is -0.123. The van der Waals surface area contributed by atoms with E-state index in [0.29, 0.717) is 31.5 Å². The van der Waals surface area contributed by atoms with E-state index in [1.54, 1.807) is 17.9 Å². The molecule has 1 aliphatic rings. The van der Waals surface area contributed by atoms with Crippen molar-refractivity contribution in [3.8, 4) is 5.75 Å². The zero-order chi connectivity index (χ0) is 17.0. The van der Waals surface area contributed by atoms with Crippen LogP contribution in [0.2, 0.25) is 0 Å². The minimum Gasteiger partial charge on any atom is -0.494 e. The fourth-order valence-electron chi connectivity index (χ4n) is 2.68. The Kier molecular flexibility index (Phi) is 5.41. The van der Waals surface area contributed by atoms with Gasteiger partial charge in [0, 0.05) is 19.0 Å². The summed E-state index contributed by atoms with van der Waals surface area (Å²) in [7, 11) is 1.40. The van der Waals surface area contributed by atoms with Crippen LogP contribution in [0.4, 0.5) is 9.18 Å². The number of carbonyl (C=O) groups excluding carboxylic acids is 2. The molecule has 3 N–H and O–H groups in total. The van der Waals surface area contributed by atoms with E-state index >= 15 is 0 Å². The van der Waals surface area contributed by atoms with Gasteiger partial charge >= 0.3 is 6.03 Å². The molecule has 0 aromatic heterocycles. The molecule has 1 aromatic rings. The molecule has 1 unspecified atom stereocenters. The number of ether oxygens (including phenoxy) is 1. The lowest BCUT2D eigenvalue weighted by Gasteiger charge is -2.31. The highest BCUT2D eigenvalue weighted by atomic mass is 19.1. The number of benzene rings is 1. The number of primary amides is 1. The first-order valence-corrected chi connectivity index (χ1v) is 7.60. The first-order valence-electron chi connectivity index (χ1n) is 7.60. The summed E-state index contributed by atoms with van der Waals surface area (Å²) in [6.07, 6.45) is 1.16. The van der Waals surface area contributed by atoms with Crippen LogP contribution in [0, 0.1) is 11.7 Å². The van der Waals surface area contributed by atoms with Gasteiger partial charge in [0.2, 0.25) is 5.91 Å². The number of piperidine rings is 1. The van der Waals surface area contributed by atoms with Crippen LogP contribution in [0.1, 0.15) is 31.4 Å². The second kappa shape index (κ2) is 7.30. The van der Waals surface area contributed by atoms with E-state index in [2.05, 4.69) is 5.32 Å². The molecule has 3 amide bonds. The van der Waals surface area contributed by atoms with Crippen molar-refractivity contribution in [3.05, 3.63) is 29.6 Å². The molecule has 0 saturated carbocycles. The fraction of sp³-hybridized carbons (Fsp3) is 0.500. The number of hydrogen-bond acceptors (Lipinski definition) is 3. The van der Waals surface area contributed by atoms with Crippen molar-refractivity contribution in [1.29, 1.82) is 0 Å². The number of likely N-dealkylation sites (tertiary alicyclic amines) is 1. The summed E-state index contributed by atoms with van der Waals surface area (Å²) >= 11 is 0. The SMILES string of the molecule is COc1ccc(C(C)NC(=O)N2CCC(C(N)=O)CC2)cc1F. The Morgan fingerprint density at radius 2 is 2.04 bits per heavy atom. The second-order valence-corrected chi connectivity index (χ2v) is 5.73. The highest BCUT2D eigenvalue weighted by Crippen LogP contribution is 2.22. The molecule has 1 aromatic carbocycles. The molecule has 23 heavy (non-hydrogen) atoms. The third kappa shape index (κ3) is 4.12. The maximum absolute atomic E-state index is 13.7. The maximum atomic E-state index is 13.7. The van der Waals surface area contributed by atoms with Crippen molar-refractivity contribution in [3.63, 3.8) is 0 Å². The summed E-state index contributed by atoms with van der Waals surface area (Å²) in [5.74, 6) is -0.770. The fourth-order valence-corrected chi connectivity index (χ4v) is 2.68. The van der Waals surface area contributed by atoms with Crippen LogP contribution < -0.4 is 15.8 Å². The molecule has 1 saturated heterocycles. The summed E-state index contributed by atoms with van der Waals surface area (Å²) in [5, 5.41) is 2.84. The Bertz CT molecular complexity index is 586. The summed E-state index contributed by atoms with van der Waals surface area (Å²) in [5.41, 5.74) is 5.94. The van der Waals surface area contributed by atoms with Crippen molar-refractivity contribution in [2.75, 3.05) is 20.2 Å². The Morgan fingerprint density at radius 1 is 1.39 bits per heavy atom. The Hall–Kier alpha value is -2.31. The smallest absolute Gasteiger partial charge is 0.317 e. The highest BCUT2D eigenvalue weighted by molar-refractivity contribution is 5.78. The largest absolute Gasteiger partial charge is 0.494 e. The molecule has 0 bridgehead atoms. The van der Waals surface area contributed by atoms with E-state index in [1.807, 2.05) is 0 Å². The van der Waals surface area contributed by atoms with Gasteiger partial charge in [0.25, 0.3) is 0 Å². The number of nitrogens with one attached hydrogen (secondary N) is 1. The average Bonchev–Trinajstić information content (AvgIpc) is 2.54. The molecule has 126 valence electrons. The Balaban J connectivity index is 1.92. The number of nitrogens with two attached hydrogens (primary N) is 1. The number of halogens is 1. The van der Waals surface area contributed by atoms with Crippen LogP contribution >= 0.6 is 0 Å².